The smallest absolute Gasteiger partial charge is 0.159 e. The molecule has 4 nitrogen and oxygen atoms in total. The van der Waals surface area contributed by atoms with Gasteiger partial charge in [0.1, 0.15) is 0 Å². The molecular formula is C27H40N2O2. The van der Waals surface area contributed by atoms with E-state index in [0.29, 0.717) is 5.82 Å². The highest BCUT2D eigenvalue weighted by molar-refractivity contribution is 5.59. The Labute approximate surface area is 188 Å². The first-order valence-corrected chi connectivity index (χ1v) is 12.1. The van der Waals surface area contributed by atoms with E-state index < -0.39 is 0 Å². The lowest BCUT2D eigenvalue weighted by Gasteiger charge is -2.07. The molecule has 170 valence electrons. The van der Waals surface area contributed by atoms with Crippen molar-refractivity contribution in [2.24, 2.45) is 0 Å². The van der Waals surface area contributed by atoms with Crippen LogP contribution < -0.4 is 4.74 Å². The van der Waals surface area contributed by atoms with Crippen LogP contribution in [0.25, 0.3) is 17.5 Å². The summed E-state index contributed by atoms with van der Waals surface area (Å²) in [6.45, 7) is 4.82. The minimum Gasteiger partial charge on any atom is -0.490 e. The maximum absolute atomic E-state index is 9.28. The third-order valence-corrected chi connectivity index (χ3v) is 5.37. The van der Waals surface area contributed by atoms with Gasteiger partial charge in [0.25, 0.3) is 0 Å². The van der Waals surface area contributed by atoms with Gasteiger partial charge in [-0.25, -0.2) is 9.97 Å². The molecule has 1 atom stereocenters. The summed E-state index contributed by atoms with van der Waals surface area (Å²) < 4.78 is 5.79. The third-order valence-electron chi connectivity index (χ3n) is 5.37. The summed E-state index contributed by atoms with van der Waals surface area (Å²) in [7, 11) is 0. The minimum atomic E-state index is -0.213. The molecule has 0 amide bonds. The predicted octanol–water partition coefficient (Wildman–Crippen LogP) is 7.23. The number of rotatable bonds is 16. The highest BCUT2D eigenvalue weighted by Gasteiger charge is 2.02. The Hall–Kier alpha value is -2.20. The number of benzene rings is 1. The van der Waals surface area contributed by atoms with Gasteiger partial charge in [0.2, 0.25) is 0 Å². The lowest BCUT2D eigenvalue weighted by molar-refractivity contribution is 0.182. The van der Waals surface area contributed by atoms with Crippen LogP contribution in [-0.4, -0.2) is 27.8 Å². The second-order valence-electron chi connectivity index (χ2n) is 8.37. The van der Waals surface area contributed by atoms with Crippen LogP contribution in [0.1, 0.15) is 90.0 Å². The summed E-state index contributed by atoms with van der Waals surface area (Å²) in [5.74, 6) is 1.45. The van der Waals surface area contributed by atoms with Gasteiger partial charge < -0.3 is 9.84 Å². The van der Waals surface area contributed by atoms with Crippen LogP contribution in [0, 0.1) is 0 Å². The second kappa shape index (κ2) is 15.6. The minimum absolute atomic E-state index is 0.213. The van der Waals surface area contributed by atoms with E-state index in [1.54, 1.807) is 12.4 Å². The lowest BCUT2D eigenvalue weighted by atomic mass is 10.1. The monoisotopic (exact) mass is 424 g/mol. The van der Waals surface area contributed by atoms with Gasteiger partial charge in [0.15, 0.2) is 11.6 Å². The number of aliphatic hydroxyl groups excluding tert-OH is 1. The molecule has 1 N–H and O–H groups in total. The van der Waals surface area contributed by atoms with Crippen LogP contribution in [0.4, 0.5) is 0 Å². The van der Waals surface area contributed by atoms with Crippen LogP contribution in [0.5, 0.6) is 5.75 Å². The molecule has 2 rings (SSSR count). The van der Waals surface area contributed by atoms with Gasteiger partial charge in [-0.1, -0.05) is 88.3 Å². The molecule has 31 heavy (non-hydrogen) atoms. The van der Waals surface area contributed by atoms with Gasteiger partial charge in [-0.15, -0.1) is 0 Å². The summed E-state index contributed by atoms with van der Waals surface area (Å²) in [5, 5.41) is 9.28. The summed E-state index contributed by atoms with van der Waals surface area (Å²) in [6, 6.07) is 8.25. The van der Waals surface area contributed by atoms with Crippen molar-refractivity contribution in [1.82, 2.24) is 9.97 Å². The molecule has 0 saturated carbocycles. The van der Waals surface area contributed by atoms with E-state index in [0.717, 1.165) is 49.2 Å². The summed E-state index contributed by atoms with van der Waals surface area (Å²) in [5.41, 5.74) is 2.16. The summed E-state index contributed by atoms with van der Waals surface area (Å²) in [6.07, 6.45) is 20.8. The Kier molecular flexibility index (Phi) is 12.6. The molecule has 2 aromatic rings. The van der Waals surface area contributed by atoms with Crippen LogP contribution in [0.15, 0.2) is 42.7 Å². The van der Waals surface area contributed by atoms with Crippen molar-refractivity contribution in [2.45, 2.75) is 90.6 Å². The van der Waals surface area contributed by atoms with E-state index in [4.69, 9.17) is 4.74 Å². The Morgan fingerprint density at radius 3 is 2.19 bits per heavy atom. The van der Waals surface area contributed by atoms with E-state index in [-0.39, 0.29) is 6.10 Å². The van der Waals surface area contributed by atoms with Crippen molar-refractivity contribution < 1.29 is 9.84 Å². The van der Waals surface area contributed by atoms with Crippen LogP contribution in [0.3, 0.4) is 0 Å². The van der Waals surface area contributed by atoms with Crippen molar-refractivity contribution in [2.75, 3.05) is 6.61 Å². The highest BCUT2D eigenvalue weighted by Crippen LogP contribution is 2.18. The molecule has 1 unspecified atom stereocenters. The van der Waals surface area contributed by atoms with Gasteiger partial charge in [-0.3, -0.25) is 0 Å². The van der Waals surface area contributed by atoms with E-state index >= 15 is 0 Å². The fraction of sp³-hybridized carbons (Fsp3) is 0.556. The molecule has 0 radical (unpaired) electrons. The van der Waals surface area contributed by atoms with Gasteiger partial charge in [0.05, 0.1) is 25.1 Å². The first kappa shape index (κ1) is 25.1. The Bertz CT molecular complexity index is 724. The summed E-state index contributed by atoms with van der Waals surface area (Å²) in [4.78, 5) is 8.92. The Balaban J connectivity index is 1.67. The zero-order valence-electron chi connectivity index (χ0n) is 19.4. The number of aromatic nitrogens is 2. The quantitative estimate of drug-likeness (QED) is 0.289. The molecule has 1 aromatic carbocycles. The van der Waals surface area contributed by atoms with Crippen LogP contribution >= 0.6 is 0 Å². The molecule has 0 aliphatic heterocycles. The standard InChI is InChI=1S/C27H40N2O2/c1-3-4-5-6-7-8-9-13-20-31-26-21-28-27(29-22-26)25-18-16-24(17-19-25)15-12-10-11-14-23(2)30/h12,15-19,21-23,30H,3-11,13-14,20H2,1-2H3. The molecule has 0 aliphatic carbocycles. The Morgan fingerprint density at radius 2 is 1.55 bits per heavy atom. The van der Waals surface area contributed by atoms with E-state index in [1.165, 1.54) is 44.9 Å². The molecular weight excluding hydrogens is 384 g/mol. The Morgan fingerprint density at radius 1 is 0.903 bits per heavy atom. The highest BCUT2D eigenvalue weighted by atomic mass is 16.5. The number of nitrogens with zero attached hydrogens (tertiary/aromatic N) is 2. The molecule has 0 saturated heterocycles. The number of ether oxygens (including phenoxy) is 1. The maximum Gasteiger partial charge on any atom is 0.159 e. The molecule has 0 spiro atoms. The largest absolute Gasteiger partial charge is 0.490 e. The fourth-order valence-corrected chi connectivity index (χ4v) is 3.46. The lowest BCUT2D eigenvalue weighted by Crippen LogP contribution is -1.99. The average Bonchev–Trinajstić information content (AvgIpc) is 2.78. The van der Waals surface area contributed by atoms with Gasteiger partial charge >= 0.3 is 0 Å². The van der Waals surface area contributed by atoms with Crippen molar-refractivity contribution in [3.63, 3.8) is 0 Å². The molecule has 1 aromatic heterocycles. The summed E-state index contributed by atoms with van der Waals surface area (Å²) >= 11 is 0. The normalized spacial score (nSPS) is 12.4. The number of hydrogen-bond acceptors (Lipinski definition) is 4. The average molecular weight is 425 g/mol. The van der Waals surface area contributed by atoms with Crippen molar-refractivity contribution in [3.8, 4) is 17.1 Å². The van der Waals surface area contributed by atoms with Crippen molar-refractivity contribution >= 4 is 6.08 Å². The SMILES string of the molecule is CCCCCCCCCCOc1cnc(-c2ccc(C=CCCCC(C)O)cc2)nc1. The first-order valence-electron chi connectivity index (χ1n) is 12.1. The fourth-order valence-electron chi connectivity index (χ4n) is 3.46. The van der Waals surface area contributed by atoms with E-state index in [1.807, 2.05) is 19.1 Å². The number of aliphatic hydroxyl groups is 1. The maximum atomic E-state index is 9.28. The number of unbranched alkanes of at least 4 members (excludes halogenated alkanes) is 8. The number of allylic oxidation sites excluding steroid dienone is 1. The van der Waals surface area contributed by atoms with Crippen molar-refractivity contribution in [1.29, 1.82) is 0 Å². The topological polar surface area (TPSA) is 55.2 Å². The molecule has 0 fully saturated rings. The van der Waals surface area contributed by atoms with Crippen molar-refractivity contribution in [3.05, 3.63) is 48.3 Å². The first-order chi connectivity index (χ1) is 15.2. The zero-order chi connectivity index (χ0) is 22.2. The second-order valence-corrected chi connectivity index (χ2v) is 8.37. The van der Waals surface area contributed by atoms with Gasteiger partial charge in [-0.2, -0.15) is 0 Å². The van der Waals surface area contributed by atoms with E-state index in [2.05, 4.69) is 41.2 Å². The van der Waals surface area contributed by atoms with Gasteiger partial charge in [0, 0.05) is 5.56 Å². The zero-order valence-corrected chi connectivity index (χ0v) is 19.4. The van der Waals surface area contributed by atoms with Gasteiger partial charge in [-0.05, 0) is 38.2 Å². The number of hydrogen-bond donors (Lipinski definition) is 1. The molecule has 0 bridgehead atoms. The van der Waals surface area contributed by atoms with Crippen LogP contribution in [-0.2, 0) is 0 Å². The molecule has 1 heterocycles. The van der Waals surface area contributed by atoms with Crippen LogP contribution in [0.2, 0.25) is 0 Å². The molecule has 0 aliphatic rings. The van der Waals surface area contributed by atoms with E-state index in [9.17, 15) is 5.11 Å². The predicted molar refractivity (Wildman–Crippen MR) is 130 cm³/mol. The third kappa shape index (κ3) is 11.1. The molecule has 4 heteroatoms.